The molecule has 7 nitrogen and oxygen atoms in total. The summed E-state index contributed by atoms with van der Waals surface area (Å²) in [6, 6.07) is 10.6. The molecule has 0 fully saturated rings. The summed E-state index contributed by atoms with van der Waals surface area (Å²) in [5, 5.41) is 27.7. The summed E-state index contributed by atoms with van der Waals surface area (Å²) in [5.74, 6) is -0.382. The van der Waals surface area contributed by atoms with Crippen LogP contribution in [-0.4, -0.2) is 28.5 Å². The topological polar surface area (TPSA) is 119 Å². The van der Waals surface area contributed by atoms with Gasteiger partial charge in [-0.2, -0.15) is 0 Å². The molecule has 0 aliphatic heterocycles. The van der Waals surface area contributed by atoms with Gasteiger partial charge in [0.1, 0.15) is 5.75 Å². The fourth-order valence-corrected chi connectivity index (χ4v) is 2.68. The predicted molar refractivity (Wildman–Crippen MR) is 84.8 cm³/mol. The third kappa shape index (κ3) is 7.79. The molecule has 0 heterocycles. The van der Waals surface area contributed by atoms with Crippen LogP contribution in [0.1, 0.15) is 11.1 Å². The van der Waals surface area contributed by atoms with Crippen LogP contribution in [-0.2, 0) is 26.5 Å². The number of phosphoric acid groups is 1. The number of rotatable bonds is 8. The standard InChI is InChI=1S/C16H19O7P.Na/c17-14-4-1-12(2-5-14)7-9-22-24(20,21)23-10-8-13-3-6-15(18)16(19)11-13;/h1-6,11,17-19H,7-10H2,(H,20,21);/q;+1/p-1. The first-order valence-corrected chi connectivity index (χ1v) is 8.71. The van der Waals surface area contributed by atoms with E-state index in [0.717, 1.165) is 5.56 Å². The molecule has 0 aliphatic rings. The molecule has 2 aromatic rings. The second-order valence-corrected chi connectivity index (χ2v) is 6.51. The van der Waals surface area contributed by atoms with E-state index in [9.17, 15) is 19.7 Å². The van der Waals surface area contributed by atoms with Gasteiger partial charge in [-0.3, -0.25) is 4.57 Å². The van der Waals surface area contributed by atoms with Crippen molar-refractivity contribution in [3.05, 3.63) is 53.6 Å². The zero-order chi connectivity index (χ0) is 17.6. The van der Waals surface area contributed by atoms with Gasteiger partial charge in [0.2, 0.25) is 0 Å². The van der Waals surface area contributed by atoms with Crippen LogP contribution in [0.3, 0.4) is 0 Å². The Hall–Kier alpha value is -1.05. The molecule has 9 heteroatoms. The van der Waals surface area contributed by atoms with Crippen LogP contribution in [0, 0.1) is 0 Å². The molecule has 1 unspecified atom stereocenters. The zero-order valence-corrected chi connectivity index (χ0v) is 16.7. The van der Waals surface area contributed by atoms with Crippen molar-refractivity contribution in [2.75, 3.05) is 13.2 Å². The Bertz CT molecular complexity index is 721. The first kappa shape index (κ1) is 22.0. The molecule has 0 spiro atoms. The average Bonchev–Trinajstić information content (AvgIpc) is 2.52. The van der Waals surface area contributed by atoms with Gasteiger partial charge in [-0.25, -0.2) is 0 Å². The first-order valence-electron chi connectivity index (χ1n) is 7.24. The molecule has 2 rings (SSSR count). The summed E-state index contributed by atoms with van der Waals surface area (Å²) < 4.78 is 21.2. The van der Waals surface area contributed by atoms with E-state index in [1.165, 1.54) is 24.3 Å². The third-order valence-corrected chi connectivity index (χ3v) is 4.25. The molecule has 0 aliphatic carbocycles. The Morgan fingerprint density at radius 2 is 1.36 bits per heavy atom. The minimum absolute atomic E-state index is 0. The molecule has 130 valence electrons. The Balaban J connectivity index is 0.00000312. The van der Waals surface area contributed by atoms with Gasteiger partial charge in [-0.15, -0.1) is 0 Å². The van der Waals surface area contributed by atoms with E-state index in [4.69, 9.17) is 14.2 Å². The van der Waals surface area contributed by atoms with Crippen molar-refractivity contribution in [2.45, 2.75) is 12.8 Å². The van der Waals surface area contributed by atoms with Gasteiger partial charge in [-0.1, -0.05) is 18.2 Å². The Labute approximate surface area is 167 Å². The van der Waals surface area contributed by atoms with Crippen LogP contribution in [0.2, 0.25) is 0 Å². The number of hydrogen-bond donors (Lipinski definition) is 3. The largest absolute Gasteiger partial charge is 1.00 e. The second-order valence-electron chi connectivity index (χ2n) is 5.10. The maximum atomic E-state index is 11.6. The van der Waals surface area contributed by atoms with E-state index in [1.54, 1.807) is 18.2 Å². The summed E-state index contributed by atoms with van der Waals surface area (Å²) in [4.78, 5) is 11.6. The van der Waals surface area contributed by atoms with Gasteiger partial charge in [0.25, 0.3) is 7.82 Å². The second kappa shape index (κ2) is 10.2. The molecule has 25 heavy (non-hydrogen) atoms. The monoisotopic (exact) mass is 376 g/mol. The van der Waals surface area contributed by atoms with Crippen LogP contribution >= 0.6 is 7.82 Å². The normalized spacial score (nSPS) is 13.0. The minimum atomic E-state index is -4.41. The molecule has 0 aromatic heterocycles. The number of phosphoric ester groups is 1. The summed E-state index contributed by atoms with van der Waals surface area (Å²) in [6.45, 7) is -0.199. The smallest absolute Gasteiger partial charge is 0.756 e. The average molecular weight is 376 g/mol. The summed E-state index contributed by atoms with van der Waals surface area (Å²) in [7, 11) is -4.41. The van der Waals surface area contributed by atoms with Gasteiger partial charge in [-0.05, 0) is 48.2 Å². The molecule has 0 radical (unpaired) electrons. The van der Waals surface area contributed by atoms with E-state index < -0.39 is 7.82 Å². The van der Waals surface area contributed by atoms with Crippen molar-refractivity contribution in [2.24, 2.45) is 0 Å². The number of benzene rings is 2. The third-order valence-electron chi connectivity index (χ3n) is 3.26. The summed E-state index contributed by atoms with van der Waals surface area (Å²) >= 11 is 0. The van der Waals surface area contributed by atoms with Crippen molar-refractivity contribution in [1.29, 1.82) is 0 Å². The number of hydrogen-bond acceptors (Lipinski definition) is 7. The molecule has 0 saturated carbocycles. The van der Waals surface area contributed by atoms with Crippen LogP contribution in [0.25, 0.3) is 0 Å². The van der Waals surface area contributed by atoms with Gasteiger partial charge >= 0.3 is 29.6 Å². The van der Waals surface area contributed by atoms with Crippen LogP contribution < -0.4 is 34.5 Å². The molecular formula is C16H18NaO7P. The van der Waals surface area contributed by atoms with E-state index >= 15 is 0 Å². The molecule has 1 atom stereocenters. The van der Waals surface area contributed by atoms with Crippen molar-refractivity contribution in [3.63, 3.8) is 0 Å². The summed E-state index contributed by atoms with van der Waals surface area (Å²) in [6.07, 6.45) is 0.600. The zero-order valence-electron chi connectivity index (χ0n) is 13.8. The minimum Gasteiger partial charge on any atom is -0.756 e. The molecular weight excluding hydrogens is 358 g/mol. The maximum absolute atomic E-state index is 11.6. The number of phenolic OH excluding ortho intramolecular Hbond substituents is 3. The van der Waals surface area contributed by atoms with Crippen LogP contribution in [0.15, 0.2) is 42.5 Å². The van der Waals surface area contributed by atoms with Gasteiger partial charge in [0.15, 0.2) is 11.5 Å². The Kier molecular flexibility index (Phi) is 8.96. The number of aromatic hydroxyl groups is 3. The van der Waals surface area contributed by atoms with E-state index in [2.05, 4.69) is 0 Å². The molecule has 0 amide bonds. The first-order chi connectivity index (χ1) is 11.4. The van der Waals surface area contributed by atoms with Gasteiger partial charge in [0, 0.05) is 0 Å². The fourth-order valence-electron chi connectivity index (χ4n) is 1.97. The SMILES string of the molecule is O=P([O-])(OCCc1ccc(O)cc1)OCCc1ccc(O)c(O)c1.[Na+]. The van der Waals surface area contributed by atoms with Crippen molar-refractivity contribution in [3.8, 4) is 17.2 Å². The molecule has 0 bridgehead atoms. The van der Waals surface area contributed by atoms with Gasteiger partial charge in [0.05, 0.1) is 13.2 Å². The number of phenols is 3. The fraction of sp³-hybridized carbons (Fsp3) is 0.250. The summed E-state index contributed by atoms with van der Waals surface area (Å²) in [5.41, 5.74) is 1.45. The van der Waals surface area contributed by atoms with Crippen LogP contribution in [0.4, 0.5) is 0 Å². The Morgan fingerprint density at radius 1 is 0.840 bits per heavy atom. The van der Waals surface area contributed by atoms with Crippen LogP contribution in [0.5, 0.6) is 17.2 Å². The molecule has 0 saturated heterocycles. The van der Waals surface area contributed by atoms with Crippen molar-refractivity contribution < 1.29 is 63.4 Å². The van der Waals surface area contributed by atoms with Gasteiger partial charge < -0.3 is 29.3 Å². The van der Waals surface area contributed by atoms with E-state index in [0.29, 0.717) is 12.0 Å². The predicted octanol–water partition coefficient (Wildman–Crippen LogP) is -0.906. The van der Waals surface area contributed by atoms with E-state index in [-0.39, 0.29) is 66.4 Å². The Morgan fingerprint density at radius 3 is 1.92 bits per heavy atom. The van der Waals surface area contributed by atoms with Crippen molar-refractivity contribution >= 4 is 7.82 Å². The maximum Gasteiger partial charge on any atom is 1.00 e. The van der Waals surface area contributed by atoms with E-state index in [1.807, 2.05) is 0 Å². The van der Waals surface area contributed by atoms with Crippen molar-refractivity contribution in [1.82, 2.24) is 0 Å². The quantitative estimate of drug-likeness (QED) is 0.310. The molecule has 3 N–H and O–H groups in total. The molecule has 2 aromatic carbocycles.